The highest BCUT2D eigenvalue weighted by Gasteiger charge is 2.43. The third-order valence-electron chi connectivity index (χ3n) is 5.88. The van der Waals surface area contributed by atoms with Gasteiger partial charge in [0.15, 0.2) is 5.78 Å². The van der Waals surface area contributed by atoms with Gasteiger partial charge in [-0.3, -0.25) is 9.59 Å². The second-order valence-electron chi connectivity index (χ2n) is 7.79. The molecule has 2 aliphatic rings. The zero-order chi connectivity index (χ0) is 22.0. The fourth-order valence-corrected chi connectivity index (χ4v) is 4.27. The minimum atomic E-state index is -0.558. The molecule has 0 bridgehead atoms. The fourth-order valence-electron chi connectivity index (χ4n) is 4.10. The number of hydrogen-bond acceptors (Lipinski definition) is 5. The Morgan fingerprint density at radius 2 is 1.90 bits per heavy atom. The lowest BCUT2D eigenvalue weighted by Crippen LogP contribution is -2.52. The molecule has 0 radical (unpaired) electrons. The molecular weight excluding hydrogens is 418 g/mol. The van der Waals surface area contributed by atoms with Crippen LogP contribution >= 0.6 is 11.6 Å². The van der Waals surface area contributed by atoms with Gasteiger partial charge in [0.2, 0.25) is 5.91 Å². The number of halogens is 1. The van der Waals surface area contributed by atoms with E-state index in [4.69, 9.17) is 25.8 Å². The van der Waals surface area contributed by atoms with Crippen LogP contribution in [-0.4, -0.2) is 49.5 Å². The second kappa shape index (κ2) is 8.63. The van der Waals surface area contributed by atoms with Crippen molar-refractivity contribution in [2.75, 3.05) is 27.3 Å². The topological polar surface area (TPSA) is 65.1 Å². The number of carbonyl (C=O) groups excluding carboxylic acids is 2. The van der Waals surface area contributed by atoms with E-state index in [0.29, 0.717) is 60.2 Å². The van der Waals surface area contributed by atoms with Gasteiger partial charge in [0, 0.05) is 48.7 Å². The van der Waals surface area contributed by atoms with Crippen LogP contribution in [0.1, 0.15) is 35.2 Å². The van der Waals surface area contributed by atoms with Gasteiger partial charge in [-0.05, 0) is 36.4 Å². The van der Waals surface area contributed by atoms with E-state index in [2.05, 4.69) is 0 Å². The maximum Gasteiger partial charge on any atom is 0.246 e. The van der Waals surface area contributed by atoms with E-state index in [1.807, 2.05) is 12.1 Å². The molecule has 4 rings (SSSR count). The minimum absolute atomic E-state index is 0.0371. The minimum Gasteiger partial charge on any atom is -0.497 e. The van der Waals surface area contributed by atoms with Crippen LogP contribution in [0.3, 0.4) is 0 Å². The lowest BCUT2D eigenvalue weighted by atomic mass is 9.82. The van der Waals surface area contributed by atoms with Crippen molar-refractivity contribution in [2.24, 2.45) is 0 Å². The first-order valence-electron chi connectivity index (χ1n) is 10.1. The molecule has 2 aromatic rings. The first kappa shape index (κ1) is 21.2. The summed E-state index contributed by atoms with van der Waals surface area (Å²) in [6.45, 7) is 1.05. The Labute approximate surface area is 186 Å². The van der Waals surface area contributed by atoms with Crippen molar-refractivity contribution < 1.29 is 23.8 Å². The van der Waals surface area contributed by atoms with Crippen molar-refractivity contribution in [1.29, 1.82) is 0 Å². The molecule has 1 fully saturated rings. The normalized spacial score (nSPS) is 17.4. The smallest absolute Gasteiger partial charge is 0.246 e. The Hall–Kier alpha value is -2.99. The molecule has 0 N–H and O–H groups in total. The molecule has 2 aliphatic heterocycles. The third kappa shape index (κ3) is 4.39. The molecule has 0 aromatic heterocycles. The summed E-state index contributed by atoms with van der Waals surface area (Å²) in [5.74, 6) is 1.85. The lowest BCUT2D eigenvalue weighted by molar-refractivity contribution is -0.129. The summed E-state index contributed by atoms with van der Waals surface area (Å²) in [5, 5.41) is 0.521. The van der Waals surface area contributed by atoms with Crippen molar-refractivity contribution in [1.82, 2.24) is 4.90 Å². The molecule has 2 heterocycles. The number of benzene rings is 2. The van der Waals surface area contributed by atoms with Gasteiger partial charge in [-0.15, -0.1) is 0 Å². The standard InChI is InChI=1S/C24H24ClNO5/c1-29-18-6-3-16(22(14-18)30-2)4-8-23(28)26-11-9-24(10-12-26)15-20(27)19-13-17(25)5-7-21(19)31-24/h3-8,13-14H,9-12,15H2,1-2H3/b8-4+. The van der Waals surface area contributed by atoms with Crippen LogP contribution in [0.2, 0.25) is 5.02 Å². The van der Waals surface area contributed by atoms with Gasteiger partial charge in [0.25, 0.3) is 0 Å². The average molecular weight is 442 g/mol. The molecule has 6 nitrogen and oxygen atoms in total. The molecule has 1 spiro atoms. The van der Waals surface area contributed by atoms with Crippen molar-refractivity contribution in [3.63, 3.8) is 0 Å². The number of amides is 1. The Morgan fingerprint density at radius 3 is 2.61 bits per heavy atom. The molecule has 2 aromatic carbocycles. The quantitative estimate of drug-likeness (QED) is 0.658. The van der Waals surface area contributed by atoms with Crippen molar-refractivity contribution in [2.45, 2.75) is 24.9 Å². The molecule has 0 aliphatic carbocycles. The molecule has 0 atom stereocenters. The molecular formula is C24H24ClNO5. The predicted molar refractivity (Wildman–Crippen MR) is 118 cm³/mol. The summed E-state index contributed by atoms with van der Waals surface area (Å²) in [6, 6.07) is 10.6. The zero-order valence-electron chi connectivity index (χ0n) is 17.5. The zero-order valence-corrected chi connectivity index (χ0v) is 18.3. The highest BCUT2D eigenvalue weighted by atomic mass is 35.5. The highest BCUT2D eigenvalue weighted by Crippen LogP contribution is 2.40. The number of ether oxygens (including phenoxy) is 3. The molecule has 1 saturated heterocycles. The number of carbonyl (C=O) groups is 2. The number of piperidine rings is 1. The Kier molecular flexibility index (Phi) is 5.92. The number of hydrogen-bond donors (Lipinski definition) is 0. The number of Topliss-reactive ketones (excluding diaryl/α,β-unsaturated/α-hetero) is 1. The SMILES string of the molecule is COc1ccc(/C=C/C(=O)N2CCC3(CC2)CC(=O)c2cc(Cl)ccc2O3)c(OC)c1. The summed E-state index contributed by atoms with van der Waals surface area (Å²) in [5.41, 5.74) is 0.770. The molecule has 0 saturated carbocycles. The van der Waals surface area contributed by atoms with Crippen LogP contribution in [0.4, 0.5) is 0 Å². The van der Waals surface area contributed by atoms with E-state index < -0.39 is 5.60 Å². The van der Waals surface area contributed by atoms with Crippen molar-refractivity contribution in [3.05, 3.63) is 58.6 Å². The van der Waals surface area contributed by atoms with Gasteiger partial charge in [-0.2, -0.15) is 0 Å². The Balaban J connectivity index is 1.41. The number of methoxy groups -OCH3 is 2. The van der Waals surface area contributed by atoms with E-state index >= 15 is 0 Å². The summed E-state index contributed by atoms with van der Waals surface area (Å²) >= 11 is 6.01. The van der Waals surface area contributed by atoms with E-state index in [9.17, 15) is 9.59 Å². The number of fused-ring (bicyclic) bond motifs is 1. The van der Waals surface area contributed by atoms with E-state index in [-0.39, 0.29) is 11.7 Å². The first-order chi connectivity index (χ1) is 14.9. The number of rotatable bonds is 4. The number of nitrogens with zero attached hydrogens (tertiary/aromatic N) is 1. The maximum absolute atomic E-state index is 12.7. The molecule has 31 heavy (non-hydrogen) atoms. The summed E-state index contributed by atoms with van der Waals surface area (Å²) in [4.78, 5) is 27.1. The molecule has 7 heteroatoms. The van der Waals surface area contributed by atoms with Gasteiger partial charge in [-0.1, -0.05) is 11.6 Å². The van der Waals surface area contributed by atoms with Crippen molar-refractivity contribution >= 4 is 29.4 Å². The van der Waals surface area contributed by atoms with E-state index in [1.54, 1.807) is 55.5 Å². The van der Waals surface area contributed by atoms with Crippen LogP contribution in [0, 0.1) is 0 Å². The van der Waals surface area contributed by atoms with Gasteiger partial charge in [0.05, 0.1) is 26.2 Å². The second-order valence-corrected chi connectivity index (χ2v) is 8.23. The number of likely N-dealkylation sites (tertiary alicyclic amines) is 1. The molecule has 0 unspecified atom stereocenters. The monoisotopic (exact) mass is 441 g/mol. The van der Waals surface area contributed by atoms with Crippen molar-refractivity contribution in [3.8, 4) is 17.2 Å². The van der Waals surface area contributed by atoms with Crippen LogP contribution in [-0.2, 0) is 4.79 Å². The van der Waals surface area contributed by atoms with Gasteiger partial charge >= 0.3 is 0 Å². The molecule has 162 valence electrons. The predicted octanol–water partition coefficient (Wildman–Crippen LogP) is 4.40. The summed E-state index contributed by atoms with van der Waals surface area (Å²) in [6.07, 6.45) is 4.80. The van der Waals surface area contributed by atoms with Gasteiger partial charge in [-0.25, -0.2) is 0 Å². The Morgan fingerprint density at radius 1 is 1.13 bits per heavy atom. The third-order valence-corrected chi connectivity index (χ3v) is 6.12. The first-order valence-corrected chi connectivity index (χ1v) is 10.5. The Bertz CT molecular complexity index is 1040. The summed E-state index contributed by atoms with van der Waals surface area (Å²) in [7, 11) is 3.17. The van der Waals surface area contributed by atoms with Crippen LogP contribution in [0.5, 0.6) is 17.2 Å². The largest absolute Gasteiger partial charge is 0.497 e. The van der Waals surface area contributed by atoms with Crippen LogP contribution < -0.4 is 14.2 Å². The summed E-state index contributed by atoms with van der Waals surface area (Å²) < 4.78 is 16.8. The maximum atomic E-state index is 12.7. The average Bonchev–Trinajstić information content (AvgIpc) is 2.78. The number of ketones is 1. The van der Waals surface area contributed by atoms with Gasteiger partial charge < -0.3 is 19.1 Å². The lowest BCUT2D eigenvalue weighted by Gasteiger charge is -2.43. The van der Waals surface area contributed by atoms with Crippen LogP contribution in [0.25, 0.3) is 6.08 Å². The van der Waals surface area contributed by atoms with Crippen LogP contribution in [0.15, 0.2) is 42.5 Å². The highest BCUT2D eigenvalue weighted by molar-refractivity contribution is 6.31. The van der Waals surface area contributed by atoms with E-state index in [0.717, 1.165) is 5.56 Å². The fraction of sp³-hybridized carbons (Fsp3) is 0.333. The van der Waals surface area contributed by atoms with E-state index in [1.165, 1.54) is 0 Å². The van der Waals surface area contributed by atoms with Gasteiger partial charge in [0.1, 0.15) is 22.8 Å². The molecule has 1 amide bonds.